The van der Waals surface area contributed by atoms with Gasteiger partial charge in [0.05, 0.1) is 19.8 Å². The van der Waals surface area contributed by atoms with Crippen LogP contribution >= 0.6 is 11.6 Å². The molecule has 1 aromatic rings. The van der Waals surface area contributed by atoms with E-state index in [9.17, 15) is 4.79 Å². The van der Waals surface area contributed by atoms with E-state index >= 15 is 0 Å². The molecule has 0 fully saturated rings. The van der Waals surface area contributed by atoms with Crippen molar-refractivity contribution >= 4 is 17.5 Å². The van der Waals surface area contributed by atoms with E-state index in [-0.39, 0.29) is 6.61 Å². The van der Waals surface area contributed by atoms with Crippen molar-refractivity contribution in [2.24, 2.45) is 5.73 Å². The number of primary amides is 1. The van der Waals surface area contributed by atoms with Crippen LogP contribution in [0, 0.1) is 0 Å². The molecule has 1 aromatic carbocycles. The van der Waals surface area contributed by atoms with Crippen LogP contribution in [0.25, 0.3) is 0 Å². The first-order valence-electron chi connectivity index (χ1n) is 5.62. The summed E-state index contributed by atoms with van der Waals surface area (Å²) in [5, 5.41) is 12.2. The number of aliphatic hydroxyl groups is 1. The zero-order valence-corrected chi connectivity index (χ0v) is 10.7. The average molecular weight is 273 g/mol. The molecule has 18 heavy (non-hydrogen) atoms. The molecule has 0 saturated carbocycles. The highest BCUT2D eigenvalue weighted by Gasteiger charge is 2.05. The van der Waals surface area contributed by atoms with Crippen LogP contribution in [0.2, 0.25) is 5.02 Å². The normalized spacial score (nSPS) is 10.6. The third-order valence-electron chi connectivity index (χ3n) is 2.31. The maximum atomic E-state index is 10.9. The Morgan fingerprint density at radius 1 is 1.44 bits per heavy atom. The highest BCUT2D eigenvalue weighted by Crippen LogP contribution is 2.17. The standard InChI is InChI=1S/C12H17ClN2O3/c13-11-7-9(12(14)17)1-2-10(11)8-15-3-5-18-6-4-16/h1-2,7,15-16H,3-6,8H2,(H2,14,17). The second-order valence-corrected chi connectivity index (χ2v) is 4.09. The van der Waals surface area contributed by atoms with Crippen LogP contribution < -0.4 is 11.1 Å². The Hall–Kier alpha value is -1.14. The first-order chi connectivity index (χ1) is 8.65. The van der Waals surface area contributed by atoms with Gasteiger partial charge in [0.25, 0.3) is 0 Å². The number of hydrogen-bond donors (Lipinski definition) is 3. The van der Waals surface area contributed by atoms with Gasteiger partial charge in [-0.2, -0.15) is 0 Å². The summed E-state index contributed by atoms with van der Waals surface area (Å²) >= 11 is 6.02. The van der Waals surface area contributed by atoms with E-state index in [1.165, 1.54) is 0 Å². The van der Waals surface area contributed by atoms with Gasteiger partial charge in [0.15, 0.2) is 0 Å². The Kier molecular flexibility index (Phi) is 6.67. The number of aliphatic hydroxyl groups excluding tert-OH is 1. The van der Waals surface area contributed by atoms with Gasteiger partial charge < -0.3 is 20.9 Å². The third kappa shape index (κ3) is 5.01. The quantitative estimate of drug-likeness (QED) is 0.603. The Labute approximate surface area is 111 Å². The molecule has 0 unspecified atom stereocenters. The Morgan fingerprint density at radius 2 is 2.22 bits per heavy atom. The van der Waals surface area contributed by atoms with Crippen LogP contribution in [0.5, 0.6) is 0 Å². The molecule has 0 aliphatic heterocycles. The van der Waals surface area contributed by atoms with Crippen molar-refractivity contribution in [3.8, 4) is 0 Å². The number of nitrogens with two attached hydrogens (primary N) is 1. The molecule has 0 aliphatic carbocycles. The molecule has 1 rings (SSSR count). The number of hydrogen-bond acceptors (Lipinski definition) is 4. The minimum absolute atomic E-state index is 0.0282. The maximum Gasteiger partial charge on any atom is 0.248 e. The molecule has 0 bridgehead atoms. The molecule has 0 heterocycles. The van der Waals surface area contributed by atoms with Crippen LogP contribution in [0.4, 0.5) is 0 Å². The zero-order chi connectivity index (χ0) is 13.4. The Balaban J connectivity index is 2.36. The predicted octanol–water partition coefficient (Wildman–Crippen LogP) is 0.537. The SMILES string of the molecule is NC(=O)c1ccc(CNCCOCCO)c(Cl)c1. The van der Waals surface area contributed by atoms with Crippen molar-refractivity contribution in [2.75, 3.05) is 26.4 Å². The lowest BCUT2D eigenvalue weighted by Crippen LogP contribution is -2.20. The van der Waals surface area contributed by atoms with Crippen molar-refractivity contribution in [3.05, 3.63) is 34.3 Å². The van der Waals surface area contributed by atoms with Crippen LogP contribution in [0.1, 0.15) is 15.9 Å². The Bertz CT molecular complexity index is 399. The molecule has 0 aliphatic rings. The number of benzene rings is 1. The molecule has 0 aromatic heterocycles. The smallest absolute Gasteiger partial charge is 0.248 e. The molecule has 4 N–H and O–H groups in total. The maximum absolute atomic E-state index is 10.9. The number of amides is 1. The molecule has 0 saturated heterocycles. The highest BCUT2D eigenvalue weighted by atomic mass is 35.5. The fraction of sp³-hybridized carbons (Fsp3) is 0.417. The number of carbonyl (C=O) groups is 1. The van der Waals surface area contributed by atoms with Crippen molar-refractivity contribution in [1.29, 1.82) is 0 Å². The van der Waals surface area contributed by atoms with Crippen molar-refractivity contribution < 1.29 is 14.6 Å². The van der Waals surface area contributed by atoms with Crippen LogP contribution in [-0.4, -0.2) is 37.4 Å². The van der Waals surface area contributed by atoms with Gasteiger partial charge in [0, 0.05) is 23.7 Å². The first-order valence-corrected chi connectivity index (χ1v) is 6.00. The summed E-state index contributed by atoms with van der Waals surface area (Å²) in [6, 6.07) is 4.97. The van der Waals surface area contributed by atoms with Gasteiger partial charge in [0.2, 0.25) is 5.91 Å². The highest BCUT2D eigenvalue weighted by molar-refractivity contribution is 6.31. The zero-order valence-electron chi connectivity index (χ0n) is 9.99. The van der Waals surface area contributed by atoms with Gasteiger partial charge in [-0.15, -0.1) is 0 Å². The van der Waals surface area contributed by atoms with Crippen molar-refractivity contribution in [2.45, 2.75) is 6.54 Å². The van der Waals surface area contributed by atoms with Gasteiger partial charge in [-0.05, 0) is 17.7 Å². The molecule has 100 valence electrons. The molecule has 0 radical (unpaired) electrons. The van der Waals surface area contributed by atoms with Gasteiger partial charge in [0.1, 0.15) is 0 Å². The summed E-state index contributed by atoms with van der Waals surface area (Å²) in [5.74, 6) is -0.492. The van der Waals surface area contributed by atoms with Gasteiger partial charge in [-0.25, -0.2) is 0 Å². The molecular formula is C12H17ClN2O3. The van der Waals surface area contributed by atoms with Gasteiger partial charge in [-0.1, -0.05) is 17.7 Å². The fourth-order valence-electron chi connectivity index (χ4n) is 1.38. The number of rotatable bonds is 8. The second kappa shape index (κ2) is 8.05. The summed E-state index contributed by atoms with van der Waals surface area (Å²) in [5.41, 5.74) is 6.44. The number of carbonyl (C=O) groups excluding carboxylic acids is 1. The van der Waals surface area contributed by atoms with Gasteiger partial charge in [-0.3, -0.25) is 4.79 Å². The monoisotopic (exact) mass is 272 g/mol. The molecule has 1 amide bonds. The van der Waals surface area contributed by atoms with Crippen molar-refractivity contribution in [3.63, 3.8) is 0 Å². The van der Waals surface area contributed by atoms with Crippen LogP contribution in [0.15, 0.2) is 18.2 Å². The topological polar surface area (TPSA) is 84.6 Å². The minimum Gasteiger partial charge on any atom is -0.394 e. The number of nitrogens with one attached hydrogen (secondary N) is 1. The summed E-state index contributed by atoms with van der Waals surface area (Å²) in [7, 11) is 0. The minimum atomic E-state index is -0.492. The van der Waals surface area contributed by atoms with E-state index in [4.69, 9.17) is 27.2 Å². The fourth-order valence-corrected chi connectivity index (χ4v) is 1.63. The summed E-state index contributed by atoms with van der Waals surface area (Å²) in [6.07, 6.45) is 0. The summed E-state index contributed by atoms with van der Waals surface area (Å²) in [6.45, 7) is 2.14. The van der Waals surface area contributed by atoms with E-state index in [0.717, 1.165) is 5.56 Å². The van der Waals surface area contributed by atoms with E-state index in [2.05, 4.69) is 5.32 Å². The van der Waals surface area contributed by atoms with Crippen LogP contribution in [0.3, 0.4) is 0 Å². The molecule has 5 nitrogen and oxygen atoms in total. The van der Waals surface area contributed by atoms with Crippen LogP contribution in [-0.2, 0) is 11.3 Å². The van der Waals surface area contributed by atoms with Gasteiger partial charge >= 0.3 is 0 Å². The molecule has 0 atom stereocenters. The largest absolute Gasteiger partial charge is 0.394 e. The first kappa shape index (κ1) is 14.9. The van der Waals surface area contributed by atoms with E-state index in [0.29, 0.717) is 36.9 Å². The van der Waals surface area contributed by atoms with E-state index in [1.54, 1.807) is 18.2 Å². The molecule has 6 heteroatoms. The molecular weight excluding hydrogens is 256 g/mol. The Morgan fingerprint density at radius 3 is 2.83 bits per heavy atom. The summed E-state index contributed by atoms with van der Waals surface area (Å²) in [4.78, 5) is 10.9. The number of ether oxygens (including phenoxy) is 1. The number of halogens is 1. The average Bonchev–Trinajstić information content (AvgIpc) is 2.35. The summed E-state index contributed by atoms with van der Waals surface area (Å²) < 4.78 is 5.09. The van der Waals surface area contributed by atoms with E-state index in [1.807, 2.05) is 0 Å². The predicted molar refractivity (Wildman–Crippen MR) is 69.6 cm³/mol. The lowest BCUT2D eigenvalue weighted by atomic mass is 10.1. The lowest BCUT2D eigenvalue weighted by molar-refractivity contribution is 0.0938. The third-order valence-corrected chi connectivity index (χ3v) is 2.66. The van der Waals surface area contributed by atoms with Crippen molar-refractivity contribution in [1.82, 2.24) is 5.32 Å². The lowest BCUT2D eigenvalue weighted by Gasteiger charge is -2.08. The van der Waals surface area contributed by atoms with E-state index < -0.39 is 5.91 Å². The molecule has 0 spiro atoms. The second-order valence-electron chi connectivity index (χ2n) is 3.68.